The predicted octanol–water partition coefficient (Wildman–Crippen LogP) is 6.52. The molecular weight excluding hydrogens is 407 g/mol. The van der Waals surface area contributed by atoms with Crippen LogP contribution in [-0.4, -0.2) is 11.8 Å². The van der Waals surface area contributed by atoms with Crippen molar-refractivity contribution >= 4 is 11.8 Å². The molecule has 0 aromatic heterocycles. The summed E-state index contributed by atoms with van der Waals surface area (Å²) in [6.45, 7) is 12.8. The highest BCUT2D eigenvalue weighted by Crippen LogP contribution is 2.57. The third-order valence-corrected chi connectivity index (χ3v) is 6.79. The number of benzene rings is 1. The van der Waals surface area contributed by atoms with Crippen LogP contribution in [0.25, 0.3) is 0 Å². The molecule has 1 aromatic carbocycles. The third-order valence-electron chi connectivity index (χ3n) is 6.79. The van der Waals surface area contributed by atoms with Crippen LogP contribution in [0.4, 0.5) is 22.0 Å². The molecule has 30 heavy (non-hydrogen) atoms. The summed E-state index contributed by atoms with van der Waals surface area (Å²) in [5.41, 5.74) is -2.16. The van der Waals surface area contributed by atoms with E-state index in [2.05, 4.69) is 4.74 Å². The molecule has 0 saturated heterocycles. The molecule has 0 saturated carbocycles. The summed E-state index contributed by atoms with van der Waals surface area (Å²) < 4.78 is 72.5. The minimum absolute atomic E-state index is 0.0220. The maximum atomic E-state index is 13.9. The molecule has 1 rings (SSSR count). The second-order valence-electron chi connectivity index (χ2n) is 9.07. The molecule has 1 aromatic rings. The predicted molar refractivity (Wildman–Crippen MR) is 102 cm³/mol. The fourth-order valence-corrected chi connectivity index (χ4v) is 3.71. The number of esters is 1. The SMILES string of the molecule is CCC(=O)CC(C)(C)C(C)(CC(=O)Oc1c(F)c(F)c(F)c(F)c1F)C(C)(C)CC. The van der Waals surface area contributed by atoms with E-state index in [1.807, 2.05) is 34.6 Å². The summed E-state index contributed by atoms with van der Waals surface area (Å²) in [6.07, 6.45) is 0.667. The van der Waals surface area contributed by atoms with Gasteiger partial charge in [0.25, 0.3) is 0 Å². The average Bonchev–Trinajstić information content (AvgIpc) is 2.67. The van der Waals surface area contributed by atoms with E-state index >= 15 is 0 Å². The first-order chi connectivity index (χ1) is 13.6. The summed E-state index contributed by atoms with van der Waals surface area (Å²) in [6, 6.07) is 0. The highest BCUT2D eigenvalue weighted by atomic mass is 19.2. The Bertz CT molecular complexity index is 804. The Morgan fingerprint density at radius 2 is 1.17 bits per heavy atom. The van der Waals surface area contributed by atoms with Crippen molar-refractivity contribution in [2.75, 3.05) is 0 Å². The monoisotopic (exact) mass is 436 g/mol. The van der Waals surface area contributed by atoms with Gasteiger partial charge >= 0.3 is 5.97 Å². The lowest BCUT2D eigenvalue weighted by molar-refractivity contribution is -0.148. The number of ether oxygens (including phenoxy) is 1. The maximum Gasteiger partial charge on any atom is 0.311 e. The first kappa shape index (κ1) is 26.0. The van der Waals surface area contributed by atoms with Crippen molar-refractivity contribution in [3.8, 4) is 5.75 Å². The molecule has 0 heterocycles. The number of carbonyl (C=O) groups excluding carboxylic acids is 2. The van der Waals surface area contributed by atoms with E-state index in [9.17, 15) is 31.5 Å². The standard InChI is InChI=1S/C22H29F5O3/c1-8-12(28)10-21(5,6)22(7,20(3,4)9-2)11-13(29)30-19-17(26)15(24)14(23)16(25)18(19)27/h8-11H2,1-7H3. The van der Waals surface area contributed by atoms with Gasteiger partial charge in [-0.3, -0.25) is 9.59 Å². The molecule has 0 aliphatic heterocycles. The highest BCUT2D eigenvalue weighted by molar-refractivity contribution is 5.79. The zero-order chi connectivity index (χ0) is 23.7. The lowest BCUT2D eigenvalue weighted by atomic mass is 9.50. The Labute approximate surface area is 174 Å². The van der Waals surface area contributed by atoms with Crippen molar-refractivity contribution in [3.05, 3.63) is 29.1 Å². The summed E-state index contributed by atoms with van der Waals surface area (Å²) in [7, 11) is 0. The van der Waals surface area contributed by atoms with Crippen LogP contribution in [0.5, 0.6) is 5.75 Å². The van der Waals surface area contributed by atoms with Crippen LogP contribution in [0.3, 0.4) is 0 Å². The van der Waals surface area contributed by atoms with Gasteiger partial charge in [0.1, 0.15) is 5.78 Å². The summed E-state index contributed by atoms with van der Waals surface area (Å²) >= 11 is 0. The van der Waals surface area contributed by atoms with Crippen molar-refractivity contribution < 1.29 is 36.3 Å². The number of ketones is 1. The fraction of sp³-hybridized carbons (Fsp3) is 0.636. The minimum atomic E-state index is -2.33. The average molecular weight is 436 g/mol. The number of halogens is 5. The van der Waals surface area contributed by atoms with Crippen molar-refractivity contribution in [1.29, 1.82) is 0 Å². The van der Waals surface area contributed by atoms with E-state index in [0.717, 1.165) is 0 Å². The number of rotatable bonds is 9. The van der Waals surface area contributed by atoms with Gasteiger partial charge in [0, 0.05) is 12.8 Å². The smallest absolute Gasteiger partial charge is 0.311 e. The summed E-state index contributed by atoms with van der Waals surface area (Å²) in [5.74, 6) is -13.9. The fourth-order valence-electron chi connectivity index (χ4n) is 3.71. The Kier molecular flexibility index (Phi) is 7.83. The maximum absolute atomic E-state index is 13.9. The first-order valence-corrected chi connectivity index (χ1v) is 9.80. The van der Waals surface area contributed by atoms with Crippen molar-refractivity contribution in [1.82, 2.24) is 0 Å². The number of Topliss-reactive ketones (excluding diaryl/α,β-unsaturated/α-hetero) is 1. The molecule has 3 nitrogen and oxygen atoms in total. The third kappa shape index (κ3) is 4.67. The van der Waals surface area contributed by atoms with E-state index < -0.39 is 63.5 Å². The van der Waals surface area contributed by atoms with E-state index in [-0.39, 0.29) is 12.2 Å². The summed E-state index contributed by atoms with van der Waals surface area (Å²) in [4.78, 5) is 24.8. The Morgan fingerprint density at radius 3 is 1.57 bits per heavy atom. The molecule has 1 atom stereocenters. The van der Waals surface area contributed by atoms with Crippen LogP contribution in [-0.2, 0) is 9.59 Å². The van der Waals surface area contributed by atoms with Crippen LogP contribution in [0.15, 0.2) is 0 Å². The zero-order valence-corrected chi connectivity index (χ0v) is 18.4. The second-order valence-corrected chi connectivity index (χ2v) is 9.07. The molecule has 0 aliphatic carbocycles. The van der Waals surface area contributed by atoms with E-state index in [0.29, 0.717) is 12.8 Å². The molecule has 0 N–H and O–H groups in total. The second kappa shape index (κ2) is 9.02. The highest BCUT2D eigenvalue weighted by Gasteiger charge is 2.52. The van der Waals surface area contributed by atoms with Gasteiger partial charge in [-0.2, -0.15) is 8.78 Å². The molecule has 0 fully saturated rings. The van der Waals surface area contributed by atoms with Gasteiger partial charge in [-0.25, -0.2) is 13.2 Å². The van der Waals surface area contributed by atoms with Crippen molar-refractivity contribution in [2.24, 2.45) is 16.2 Å². The van der Waals surface area contributed by atoms with Crippen molar-refractivity contribution in [2.45, 2.75) is 74.1 Å². The quantitative estimate of drug-likeness (QED) is 0.146. The first-order valence-electron chi connectivity index (χ1n) is 9.80. The molecule has 170 valence electrons. The van der Waals surface area contributed by atoms with Crippen LogP contribution >= 0.6 is 0 Å². The lowest BCUT2D eigenvalue weighted by Crippen LogP contribution is -2.49. The summed E-state index contributed by atoms with van der Waals surface area (Å²) in [5, 5.41) is 0. The zero-order valence-electron chi connectivity index (χ0n) is 18.4. The van der Waals surface area contributed by atoms with E-state index in [1.54, 1.807) is 13.8 Å². The van der Waals surface area contributed by atoms with Crippen LogP contribution < -0.4 is 4.74 Å². The number of hydrogen-bond donors (Lipinski definition) is 0. The van der Waals surface area contributed by atoms with Gasteiger partial charge in [0.15, 0.2) is 0 Å². The number of hydrogen-bond acceptors (Lipinski definition) is 3. The van der Waals surface area contributed by atoms with Gasteiger partial charge in [-0.1, -0.05) is 54.9 Å². The van der Waals surface area contributed by atoms with Crippen LogP contribution in [0.1, 0.15) is 74.1 Å². The minimum Gasteiger partial charge on any atom is -0.420 e. The molecule has 8 heteroatoms. The molecule has 0 radical (unpaired) electrons. The molecular formula is C22H29F5O3. The lowest BCUT2D eigenvalue weighted by Gasteiger charge is -2.53. The topological polar surface area (TPSA) is 43.4 Å². The van der Waals surface area contributed by atoms with Crippen LogP contribution in [0.2, 0.25) is 0 Å². The Hall–Kier alpha value is -1.99. The molecule has 0 amide bonds. The van der Waals surface area contributed by atoms with E-state index in [4.69, 9.17) is 0 Å². The van der Waals surface area contributed by atoms with Gasteiger partial charge in [0.2, 0.25) is 34.8 Å². The number of carbonyl (C=O) groups is 2. The van der Waals surface area contributed by atoms with Crippen LogP contribution in [0, 0.1) is 45.3 Å². The normalized spacial score (nSPS) is 14.4. The van der Waals surface area contributed by atoms with E-state index in [1.165, 1.54) is 0 Å². The molecule has 0 aliphatic rings. The Morgan fingerprint density at radius 1 is 0.733 bits per heavy atom. The molecule has 1 unspecified atom stereocenters. The molecule has 0 bridgehead atoms. The van der Waals surface area contributed by atoms with Crippen molar-refractivity contribution in [3.63, 3.8) is 0 Å². The van der Waals surface area contributed by atoms with Gasteiger partial charge in [-0.05, 0) is 16.2 Å². The molecule has 0 spiro atoms. The largest absolute Gasteiger partial charge is 0.420 e. The van der Waals surface area contributed by atoms with Gasteiger partial charge in [-0.15, -0.1) is 0 Å². The Balaban J connectivity index is 3.37. The van der Waals surface area contributed by atoms with Gasteiger partial charge < -0.3 is 4.74 Å². The van der Waals surface area contributed by atoms with Gasteiger partial charge in [0.05, 0.1) is 6.42 Å².